The van der Waals surface area contributed by atoms with Gasteiger partial charge in [0.1, 0.15) is 11.5 Å². The molecule has 1 aromatic rings. The lowest BCUT2D eigenvalue weighted by molar-refractivity contribution is 0.0667. The molecule has 0 saturated carbocycles. The molecule has 1 aromatic carbocycles. The van der Waals surface area contributed by atoms with Crippen LogP contribution in [0.2, 0.25) is 0 Å². The van der Waals surface area contributed by atoms with Crippen LogP contribution in [0.4, 0.5) is 0 Å². The average molecular weight is 308 g/mol. The standard InChI is InChI=1S/C15H20N2O3S/c1-15(14(16)21)5-7-17(8-6-15)13(19)11-9-10(20-2)3-4-12(11)18/h3-4,9,18H,5-8H2,1-2H3,(H2,16,21). The van der Waals surface area contributed by atoms with Crippen LogP contribution in [0, 0.1) is 5.41 Å². The van der Waals surface area contributed by atoms with Crippen LogP contribution in [0.25, 0.3) is 0 Å². The zero-order valence-electron chi connectivity index (χ0n) is 12.3. The SMILES string of the molecule is COc1ccc(O)c(C(=O)N2CCC(C)(C(N)=S)CC2)c1. The predicted molar refractivity (Wildman–Crippen MR) is 84.7 cm³/mol. The van der Waals surface area contributed by atoms with E-state index >= 15 is 0 Å². The Morgan fingerprint density at radius 1 is 1.43 bits per heavy atom. The summed E-state index contributed by atoms with van der Waals surface area (Å²) in [5.41, 5.74) is 5.83. The van der Waals surface area contributed by atoms with E-state index in [0.717, 1.165) is 12.8 Å². The van der Waals surface area contributed by atoms with Gasteiger partial charge in [-0.1, -0.05) is 19.1 Å². The second kappa shape index (κ2) is 5.89. The summed E-state index contributed by atoms with van der Waals surface area (Å²) in [6.07, 6.45) is 1.47. The first-order valence-electron chi connectivity index (χ1n) is 6.83. The Morgan fingerprint density at radius 2 is 2.05 bits per heavy atom. The lowest BCUT2D eigenvalue weighted by Crippen LogP contribution is -2.46. The maximum absolute atomic E-state index is 12.5. The fraction of sp³-hybridized carbons (Fsp3) is 0.467. The van der Waals surface area contributed by atoms with Crippen LogP contribution >= 0.6 is 12.2 Å². The smallest absolute Gasteiger partial charge is 0.257 e. The number of thiocarbonyl (C=S) groups is 1. The van der Waals surface area contributed by atoms with Crippen molar-refractivity contribution in [2.24, 2.45) is 11.1 Å². The molecule has 0 atom stereocenters. The Bertz CT molecular complexity index is 566. The van der Waals surface area contributed by atoms with Crippen LogP contribution in [-0.4, -0.2) is 41.1 Å². The molecular formula is C15H20N2O3S. The molecule has 6 heteroatoms. The minimum absolute atomic E-state index is 0.0384. The number of methoxy groups -OCH3 is 1. The van der Waals surface area contributed by atoms with Gasteiger partial charge in [0, 0.05) is 18.5 Å². The first-order chi connectivity index (χ1) is 9.87. The number of carbonyl (C=O) groups excluding carboxylic acids is 1. The van der Waals surface area contributed by atoms with E-state index in [4.69, 9.17) is 22.7 Å². The Morgan fingerprint density at radius 3 is 2.57 bits per heavy atom. The maximum Gasteiger partial charge on any atom is 0.257 e. The number of carbonyl (C=O) groups is 1. The monoisotopic (exact) mass is 308 g/mol. The lowest BCUT2D eigenvalue weighted by atomic mass is 9.80. The van der Waals surface area contributed by atoms with Crippen LogP contribution in [0.15, 0.2) is 18.2 Å². The van der Waals surface area contributed by atoms with Crippen molar-refractivity contribution in [3.05, 3.63) is 23.8 Å². The van der Waals surface area contributed by atoms with Crippen molar-refractivity contribution in [2.75, 3.05) is 20.2 Å². The number of aromatic hydroxyl groups is 1. The highest BCUT2D eigenvalue weighted by Gasteiger charge is 2.34. The predicted octanol–water partition coefficient (Wildman–Crippen LogP) is 1.93. The first kappa shape index (κ1) is 15.6. The van der Waals surface area contributed by atoms with Gasteiger partial charge in [-0.05, 0) is 31.0 Å². The van der Waals surface area contributed by atoms with Crippen molar-refractivity contribution in [1.82, 2.24) is 4.90 Å². The molecule has 0 spiro atoms. The summed E-state index contributed by atoms with van der Waals surface area (Å²) >= 11 is 5.10. The number of amides is 1. The van der Waals surface area contributed by atoms with Crippen LogP contribution < -0.4 is 10.5 Å². The van der Waals surface area contributed by atoms with Gasteiger partial charge >= 0.3 is 0 Å². The summed E-state index contributed by atoms with van der Waals surface area (Å²) in [6.45, 7) is 3.17. The van der Waals surface area contributed by atoms with E-state index in [2.05, 4.69) is 0 Å². The van der Waals surface area contributed by atoms with E-state index in [9.17, 15) is 9.90 Å². The number of likely N-dealkylation sites (tertiary alicyclic amines) is 1. The molecule has 2 rings (SSSR count). The normalized spacial score (nSPS) is 17.3. The molecule has 114 valence electrons. The molecular weight excluding hydrogens is 288 g/mol. The molecule has 0 unspecified atom stereocenters. The van der Waals surface area contributed by atoms with Gasteiger partial charge in [-0.15, -0.1) is 0 Å². The average Bonchev–Trinajstić information content (AvgIpc) is 2.48. The molecule has 1 aliphatic heterocycles. The molecule has 0 bridgehead atoms. The third kappa shape index (κ3) is 3.10. The van der Waals surface area contributed by atoms with Gasteiger partial charge in [0.2, 0.25) is 0 Å². The second-order valence-corrected chi connectivity index (χ2v) is 6.04. The topological polar surface area (TPSA) is 75.8 Å². The Kier molecular flexibility index (Phi) is 4.37. The number of piperidine rings is 1. The molecule has 3 N–H and O–H groups in total. The highest BCUT2D eigenvalue weighted by Crippen LogP contribution is 2.33. The van der Waals surface area contributed by atoms with E-state index in [1.165, 1.54) is 13.2 Å². The largest absolute Gasteiger partial charge is 0.507 e. The third-order valence-electron chi connectivity index (χ3n) is 4.18. The number of phenols is 1. The Labute approximate surface area is 129 Å². The molecule has 0 radical (unpaired) electrons. The fourth-order valence-electron chi connectivity index (χ4n) is 2.43. The molecule has 1 amide bonds. The molecule has 0 aromatic heterocycles. The van der Waals surface area contributed by atoms with Gasteiger partial charge in [0.15, 0.2) is 0 Å². The number of phenolic OH excluding ortho intramolecular Hbond substituents is 1. The number of hydrogen-bond acceptors (Lipinski definition) is 4. The number of benzene rings is 1. The van der Waals surface area contributed by atoms with Crippen LogP contribution in [0.3, 0.4) is 0 Å². The second-order valence-electron chi connectivity index (χ2n) is 5.60. The van der Waals surface area contributed by atoms with Gasteiger partial charge in [-0.3, -0.25) is 4.79 Å². The highest BCUT2D eigenvalue weighted by molar-refractivity contribution is 7.80. The fourth-order valence-corrected chi connectivity index (χ4v) is 2.64. The van der Waals surface area contributed by atoms with Gasteiger partial charge < -0.3 is 20.5 Å². The van der Waals surface area contributed by atoms with E-state index in [1.807, 2.05) is 6.92 Å². The first-order valence-corrected chi connectivity index (χ1v) is 7.24. The molecule has 1 heterocycles. The summed E-state index contributed by atoms with van der Waals surface area (Å²) < 4.78 is 5.10. The minimum atomic E-state index is -0.198. The molecule has 21 heavy (non-hydrogen) atoms. The molecule has 1 aliphatic rings. The summed E-state index contributed by atoms with van der Waals surface area (Å²) in [7, 11) is 1.52. The molecule has 5 nitrogen and oxygen atoms in total. The summed E-state index contributed by atoms with van der Waals surface area (Å²) in [6, 6.07) is 4.64. The molecule has 0 aliphatic carbocycles. The maximum atomic E-state index is 12.5. The quantitative estimate of drug-likeness (QED) is 0.835. The van der Waals surface area contributed by atoms with Crippen molar-refractivity contribution >= 4 is 23.1 Å². The van der Waals surface area contributed by atoms with Crippen molar-refractivity contribution < 1.29 is 14.6 Å². The number of ether oxygens (including phenoxy) is 1. The number of nitrogens with two attached hydrogens (primary N) is 1. The number of nitrogens with zero attached hydrogens (tertiary/aromatic N) is 1. The van der Waals surface area contributed by atoms with Crippen molar-refractivity contribution in [2.45, 2.75) is 19.8 Å². The van der Waals surface area contributed by atoms with Crippen molar-refractivity contribution in [3.63, 3.8) is 0 Å². The van der Waals surface area contributed by atoms with Gasteiger partial charge in [-0.25, -0.2) is 0 Å². The van der Waals surface area contributed by atoms with Gasteiger partial charge in [-0.2, -0.15) is 0 Å². The number of rotatable bonds is 3. The van der Waals surface area contributed by atoms with E-state index in [-0.39, 0.29) is 22.6 Å². The van der Waals surface area contributed by atoms with E-state index in [0.29, 0.717) is 23.8 Å². The van der Waals surface area contributed by atoms with Crippen molar-refractivity contribution in [1.29, 1.82) is 0 Å². The lowest BCUT2D eigenvalue weighted by Gasteiger charge is -2.38. The zero-order chi connectivity index (χ0) is 15.6. The van der Waals surface area contributed by atoms with Crippen LogP contribution in [-0.2, 0) is 0 Å². The van der Waals surface area contributed by atoms with Gasteiger partial charge in [0.25, 0.3) is 5.91 Å². The van der Waals surface area contributed by atoms with Crippen LogP contribution in [0.5, 0.6) is 11.5 Å². The highest BCUT2D eigenvalue weighted by atomic mass is 32.1. The van der Waals surface area contributed by atoms with E-state index in [1.54, 1.807) is 17.0 Å². The van der Waals surface area contributed by atoms with E-state index < -0.39 is 0 Å². The van der Waals surface area contributed by atoms with Crippen LogP contribution in [0.1, 0.15) is 30.1 Å². The molecule has 1 fully saturated rings. The summed E-state index contributed by atoms with van der Waals surface area (Å²) in [5, 5.41) is 9.88. The Balaban J connectivity index is 2.14. The third-order valence-corrected chi connectivity index (χ3v) is 4.68. The summed E-state index contributed by atoms with van der Waals surface area (Å²) in [5.74, 6) is 0.306. The zero-order valence-corrected chi connectivity index (χ0v) is 13.1. The summed E-state index contributed by atoms with van der Waals surface area (Å²) in [4.78, 5) is 14.7. The van der Waals surface area contributed by atoms with Crippen molar-refractivity contribution in [3.8, 4) is 11.5 Å². The number of hydrogen-bond donors (Lipinski definition) is 2. The minimum Gasteiger partial charge on any atom is -0.507 e. The van der Waals surface area contributed by atoms with Gasteiger partial charge in [0.05, 0.1) is 17.7 Å². The molecule has 1 saturated heterocycles. The Hall–Kier alpha value is -1.82.